The molecule has 0 heterocycles. The summed E-state index contributed by atoms with van der Waals surface area (Å²) in [4.78, 5) is 10.8. The van der Waals surface area contributed by atoms with Crippen molar-refractivity contribution < 1.29 is 14.3 Å². The van der Waals surface area contributed by atoms with Crippen LogP contribution in [0.2, 0.25) is 0 Å². The van der Waals surface area contributed by atoms with Crippen LogP contribution in [0, 0.1) is 5.21 Å². The molecule has 0 aliphatic rings. The molecule has 0 N–H and O–H groups in total. The lowest BCUT2D eigenvalue weighted by Gasteiger charge is -2.11. The SMILES string of the molecule is COC(=O)/C=[N+](\[O-])[C@@H](C)c1ccccc1. The number of hydroxylamine groups is 1. The molecule has 0 unspecified atom stereocenters. The molecule has 0 fully saturated rings. The summed E-state index contributed by atoms with van der Waals surface area (Å²) in [5.74, 6) is -0.646. The molecule has 0 amide bonds. The van der Waals surface area contributed by atoms with Crippen molar-refractivity contribution in [2.24, 2.45) is 0 Å². The van der Waals surface area contributed by atoms with Gasteiger partial charge in [-0.2, -0.15) is 4.74 Å². The minimum Gasteiger partial charge on any atom is -0.623 e. The Morgan fingerprint density at radius 2 is 2.07 bits per heavy atom. The van der Waals surface area contributed by atoms with Crippen LogP contribution in [0.5, 0.6) is 0 Å². The molecule has 15 heavy (non-hydrogen) atoms. The van der Waals surface area contributed by atoms with Crippen LogP contribution >= 0.6 is 0 Å². The predicted molar refractivity (Wildman–Crippen MR) is 56.6 cm³/mol. The maximum atomic E-state index is 11.5. The van der Waals surface area contributed by atoms with Gasteiger partial charge < -0.3 is 9.94 Å². The number of benzene rings is 1. The van der Waals surface area contributed by atoms with Crippen LogP contribution in [0.4, 0.5) is 0 Å². The Morgan fingerprint density at radius 3 is 2.60 bits per heavy atom. The number of hydrogen-bond acceptors (Lipinski definition) is 3. The van der Waals surface area contributed by atoms with E-state index in [9.17, 15) is 10.0 Å². The first-order valence-corrected chi connectivity index (χ1v) is 4.58. The number of carbonyl (C=O) groups excluding carboxylic acids is 1. The lowest BCUT2D eigenvalue weighted by atomic mass is 10.1. The second-order valence-corrected chi connectivity index (χ2v) is 3.10. The van der Waals surface area contributed by atoms with E-state index in [1.54, 1.807) is 6.92 Å². The topological polar surface area (TPSA) is 52.4 Å². The second kappa shape index (κ2) is 5.14. The summed E-state index contributed by atoms with van der Waals surface area (Å²) < 4.78 is 4.96. The number of esters is 1. The fourth-order valence-electron chi connectivity index (χ4n) is 1.15. The summed E-state index contributed by atoms with van der Waals surface area (Å²) in [6.07, 6.45) is 0.900. The molecule has 0 aliphatic carbocycles. The van der Waals surface area contributed by atoms with Gasteiger partial charge in [-0.05, 0) is 0 Å². The van der Waals surface area contributed by atoms with Crippen LogP contribution in [0.15, 0.2) is 30.3 Å². The average molecular weight is 207 g/mol. The van der Waals surface area contributed by atoms with Crippen LogP contribution in [-0.2, 0) is 9.53 Å². The van der Waals surface area contributed by atoms with Gasteiger partial charge in [0.1, 0.15) is 0 Å². The summed E-state index contributed by atoms with van der Waals surface area (Å²) in [6, 6.07) is 8.83. The summed E-state index contributed by atoms with van der Waals surface area (Å²) in [5.41, 5.74) is 0.854. The largest absolute Gasteiger partial charge is 0.623 e. The van der Waals surface area contributed by atoms with Crippen molar-refractivity contribution in [3.05, 3.63) is 41.1 Å². The maximum Gasteiger partial charge on any atom is 0.396 e. The van der Waals surface area contributed by atoms with Gasteiger partial charge in [0.2, 0.25) is 0 Å². The summed E-state index contributed by atoms with van der Waals surface area (Å²) >= 11 is 0. The molecule has 4 heteroatoms. The van der Waals surface area contributed by atoms with Gasteiger partial charge in [-0.15, -0.1) is 0 Å². The van der Waals surface area contributed by atoms with Gasteiger partial charge >= 0.3 is 5.97 Å². The Balaban J connectivity index is 2.81. The number of nitrogens with zero attached hydrogens (tertiary/aromatic N) is 1. The molecule has 0 saturated carbocycles. The molecule has 0 saturated heterocycles. The van der Waals surface area contributed by atoms with Crippen molar-refractivity contribution in [2.75, 3.05) is 7.11 Å². The average Bonchev–Trinajstić information content (AvgIpc) is 2.29. The first kappa shape index (κ1) is 11.2. The number of methoxy groups -OCH3 is 1. The zero-order chi connectivity index (χ0) is 11.3. The molecule has 0 aliphatic heterocycles. The highest BCUT2D eigenvalue weighted by molar-refractivity contribution is 6.20. The van der Waals surface area contributed by atoms with Crippen LogP contribution in [-0.4, -0.2) is 24.0 Å². The van der Waals surface area contributed by atoms with Gasteiger partial charge in [-0.3, -0.25) is 0 Å². The van der Waals surface area contributed by atoms with Gasteiger partial charge in [0, 0.05) is 12.5 Å². The minimum atomic E-state index is -0.646. The van der Waals surface area contributed by atoms with Crippen molar-refractivity contribution in [2.45, 2.75) is 13.0 Å². The van der Waals surface area contributed by atoms with Crippen LogP contribution in [0.3, 0.4) is 0 Å². The smallest absolute Gasteiger partial charge is 0.396 e. The lowest BCUT2D eigenvalue weighted by molar-refractivity contribution is -0.498. The Labute approximate surface area is 88.4 Å². The van der Waals surface area contributed by atoms with E-state index >= 15 is 0 Å². The van der Waals surface area contributed by atoms with E-state index in [0.29, 0.717) is 4.74 Å². The van der Waals surface area contributed by atoms with E-state index in [0.717, 1.165) is 11.8 Å². The first-order chi connectivity index (χ1) is 7.15. The highest BCUT2D eigenvalue weighted by Gasteiger charge is 2.13. The normalized spacial score (nSPS) is 13.3. The zero-order valence-corrected chi connectivity index (χ0v) is 8.71. The Hall–Kier alpha value is -1.84. The second-order valence-electron chi connectivity index (χ2n) is 3.10. The van der Waals surface area contributed by atoms with Crippen molar-refractivity contribution in [3.63, 3.8) is 0 Å². The highest BCUT2D eigenvalue weighted by atomic mass is 16.5. The Morgan fingerprint density at radius 1 is 1.47 bits per heavy atom. The number of rotatable bonds is 3. The minimum absolute atomic E-state index is 0.398. The highest BCUT2D eigenvalue weighted by Crippen LogP contribution is 2.14. The monoisotopic (exact) mass is 207 g/mol. The van der Waals surface area contributed by atoms with Gasteiger partial charge in [0.15, 0.2) is 6.04 Å². The van der Waals surface area contributed by atoms with Gasteiger partial charge in [-0.25, -0.2) is 4.79 Å². The molecule has 0 aromatic heterocycles. The standard InChI is InChI=1S/C11H13NO3/c1-9(10-6-4-3-5-7-10)12(14)8-11(13)15-2/h3-9H,1-2H3/b12-8-/t9-/m0/s1. The molecular formula is C11H13NO3. The van der Waals surface area contributed by atoms with E-state index in [1.165, 1.54) is 7.11 Å². The molecule has 0 spiro atoms. The van der Waals surface area contributed by atoms with E-state index in [2.05, 4.69) is 4.74 Å². The quantitative estimate of drug-likeness (QED) is 0.248. The first-order valence-electron chi connectivity index (χ1n) is 4.58. The van der Waals surface area contributed by atoms with Crippen molar-refractivity contribution in [1.82, 2.24) is 0 Å². The number of carbonyl (C=O) groups is 1. The van der Waals surface area contributed by atoms with Crippen molar-refractivity contribution in [3.8, 4) is 0 Å². The van der Waals surface area contributed by atoms with Crippen molar-refractivity contribution >= 4 is 12.2 Å². The number of ether oxygens (including phenoxy) is 1. The maximum absolute atomic E-state index is 11.5. The van der Waals surface area contributed by atoms with E-state index in [4.69, 9.17) is 0 Å². The van der Waals surface area contributed by atoms with Crippen LogP contribution in [0.1, 0.15) is 18.5 Å². The molecular weight excluding hydrogens is 194 g/mol. The molecule has 1 atom stereocenters. The van der Waals surface area contributed by atoms with Gasteiger partial charge in [-0.1, -0.05) is 30.3 Å². The third kappa shape index (κ3) is 3.09. The van der Waals surface area contributed by atoms with Crippen LogP contribution < -0.4 is 0 Å². The fraction of sp³-hybridized carbons (Fsp3) is 0.273. The Bertz CT molecular complexity index is 359. The molecule has 0 bridgehead atoms. The third-order valence-corrected chi connectivity index (χ3v) is 2.10. The summed E-state index contributed by atoms with van der Waals surface area (Å²) in [7, 11) is 1.24. The predicted octanol–water partition coefficient (Wildman–Crippen LogP) is 1.50. The van der Waals surface area contributed by atoms with E-state index < -0.39 is 12.0 Å². The third-order valence-electron chi connectivity index (χ3n) is 2.10. The molecule has 1 aromatic rings. The molecule has 0 radical (unpaired) electrons. The lowest BCUT2D eigenvalue weighted by Crippen LogP contribution is -2.16. The fourth-order valence-corrected chi connectivity index (χ4v) is 1.15. The van der Waals surface area contributed by atoms with Crippen molar-refractivity contribution in [1.29, 1.82) is 0 Å². The zero-order valence-electron chi connectivity index (χ0n) is 8.71. The molecule has 80 valence electrons. The van der Waals surface area contributed by atoms with Gasteiger partial charge in [0.05, 0.1) is 7.11 Å². The molecule has 1 rings (SSSR count). The Kier molecular flexibility index (Phi) is 3.85. The summed E-state index contributed by atoms with van der Waals surface area (Å²) in [6.45, 7) is 1.72. The van der Waals surface area contributed by atoms with Crippen LogP contribution in [0.25, 0.3) is 0 Å². The number of hydrogen-bond donors (Lipinski definition) is 0. The van der Waals surface area contributed by atoms with E-state index in [1.807, 2.05) is 30.3 Å². The summed E-state index contributed by atoms with van der Waals surface area (Å²) in [5, 5.41) is 11.5. The van der Waals surface area contributed by atoms with E-state index in [-0.39, 0.29) is 0 Å². The molecule has 4 nitrogen and oxygen atoms in total. The van der Waals surface area contributed by atoms with Gasteiger partial charge in [0.25, 0.3) is 6.21 Å². The molecule has 1 aromatic carbocycles.